The van der Waals surface area contributed by atoms with Crippen molar-refractivity contribution in [2.45, 2.75) is 64.5 Å². The summed E-state index contributed by atoms with van der Waals surface area (Å²) in [5, 5.41) is 11.9. The summed E-state index contributed by atoms with van der Waals surface area (Å²) in [4.78, 5) is 45.7. The van der Waals surface area contributed by atoms with Crippen LogP contribution in [-0.4, -0.2) is 61.0 Å². The number of carbonyl (C=O) groups is 2. The third-order valence-electron chi connectivity index (χ3n) is 7.01. The van der Waals surface area contributed by atoms with Gasteiger partial charge in [-0.2, -0.15) is 10.3 Å². The lowest BCUT2D eigenvalue weighted by Crippen LogP contribution is -2.48. The number of fused-ring (bicyclic) bond motifs is 1. The third kappa shape index (κ3) is 7.15. The molecule has 4 rings (SSSR count). The van der Waals surface area contributed by atoms with Gasteiger partial charge >= 0.3 is 11.9 Å². The zero-order valence-corrected chi connectivity index (χ0v) is 25.9. The molecule has 0 N–H and O–H groups in total. The summed E-state index contributed by atoms with van der Waals surface area (Å²) in [6, 6.07) is 15.7. The Morgan fingerprint density at radius 1 is 1.02 bits per heavy atom. The molecule has 226 valence electrons. The second-order valence-electron chi connectivity index (χ2n) is 11.2. The van der Waals surface area contributed by atoms with Crippen molar-refractivity contribution < 1.29 is 33.4 Å². The fourth-order valence-electron chi connectivity index (χ4n) is 5.09. The standard InChI is InChI=1S/C33H36N2O7S/c1-6-39-30(37)33(31(38)40-7-2,18-27-17-24-16-22(19-34)8-13-29(24)43-27)25-9-11-26(12-10-25)41-21-28-23(20-36)14-15-35(28)42-32(3,4)5/h8-13,16-17,28H,6-7,14-15,18,21H2,1-5H3/t28-/m0/s1. The fourth-order valence-corrected chi connectivity index (χ4v) is 6.22. The molecule has 0 bridgehead atoms. The molecular formula is C33H36N2O7S. The number of rotatable bonds is 11. The van der Waals surface area contributed by atoms with E-state index in [2.05, 4.69) is 6.07 Å². The summed E-state index contributed by atoms with van der Waals surface area (Å²) < 4.78 is 17.9. The average Bonchev–Trinajstić information content (AvgIpc) is 3.56. The lowest BCUT2D eigenvalue weighted by atomic mass is 9.76. The van der Waals surface area contributed by atoms with Crippen molar-refractivity contribution in [2.75, 3.05) is 26.4 Å². The van der Waals surface area contributed by atoms with Crippen molar-refractivity contribution in [1.29, 1.82) is 5.26 Å². The molecule has 1 atom stereocenters. The first-order valence-electron chi connectivity index (χ1n) is 14.2. The van der Waals surface area contributed by atoms with Gasteiger partial charge in [-0.3, -0.25) is 14.4 Å². The predicted octanol–water partition coefficient (Wildman–Crippen LogP) is 5.32. The van der Waals surface area contributed by atoms with E-state index in [-0.39, 0.29) is 32.3 Å². The van der Waals surface area contributed by atoms with Crippen LogP contribution < -0.4 is 4.74 Å². The Hall–Kier alpha value is -4.00. The van der Waals surface area contributed by atoms with Gasteiger partial charge in [0.15, 0.2) is 5.41 Å². The molecule has 1 saturated heterocycles. The zero-order valence-electron chi connectivity index (χ0n) is 25.1. The lowest BCUT2D eigenvalue weighted by molar-refractivity contribution is -0.235. The van der Waals surface area contributed by atoms with Crippen LogP contribution in [0.3, 0.4) is 0 Å². The van der Waals surface area contributed by atoms with Gasteiger partial charge < -0.3 is 14.2 Å². The van der Waals surface area contributed by atoms with Gasteiger partial charge in [-0.15, -0.1) is 11.3 Å². The van der Waals surface area contributed by atoms with E-state index in [1.165, 1.54) is 11.3 Å². The molecule has 9 nitrogen and oxygen atoms in total. The van der Waals surface area contributed by atoms with Gasteiger partial charge in [-0.1, -0.05) is 12.1 Å². The number of hydrogen-bond donors (Lipinski definition) is 0. The van der Waals surface area contributed by atoms with E-state index in [0.717, 1.165) is 15.0 Å². The highest BCUT2D eigenvalue weighted by Gasteiger charge is 2.51. The van der Waals surface area contributed by atoms with Crippen molar-refractivity contribution >= 4 is 39.3 Å². The fraction of sp³-hybridized carbons (Fsp3) is 0.424. The molecule has 43 heavy (non-hydrogen) atoms. The first-order chi connectivity index (χ1) is 20.5. The van der Waals surface area contributed by atoms with Gasteiger partial charge in [0.1, 0.15) is 24.3 Å². The maximum absolute atomic E-state index is 13.7. The Morgan fingerprint density at radius 3 is 2.28 bits per heavy atom. The van der Waals surface area contributed by atoms with E-state index < -0.39 is 23.0 Å². The molecule has 2 heterocycles. The average molecular weight is 605 g/mol. The molecule has 10 heteroatoms. The summed E-state index contributed by atoms with van der Waals surface area (Å²) >= 11 is 1.44. The molecule has 1 aliphatic rings. The highest BCUT2D eigenvalue weighted by Crippen LogP contribution is 2.37. The number of hydrogen-bond acceptors (Lipinski definition) is 10. The van der Waals surface area contributed by atoms with Crippen LogP contribution in [0.5, 0.6) is 5.75 Å². The van der Waals surface area contributed by atoms with Gasteiger partial charge in [0.2, 0.25) is 0 Å². The lowest BCUT2D eigenvalue weighted by Gasteiger charge is -2.31. The quantitative estimate of drug-likeness (QED) is 0.163. The van der Waals surface area contributed by atoms with E-state index in [4.69, 9.17) is 19.0 Å². The minimum absolute atomic E-state index is 0.0147. The summed E-state index contributed by atoms with van der Waals surface area (Å²) in [5.74, 6) is 1.10. The maximum atomic E-state index is 13.7. The van der Waals surface area contributed by atoms with Crippen LogP contribution in [0.15, 0.2) is 54.1 Å². The van der Waals surface area contributed by atoms with Gasteiger partial charge in [0.05, 0.1) is 30.4 Å². The number of benzene rings is 2. The van der Waals surface area contributed by atoms with E-state index in [1.807, 2.05) is 38.8 Å². The normalized spacial score (nSPS) is 15.6. The van der Waals surface area contributed by atoms with Crippen molar-refractivity contribution in [1.82, 2.24) is 5.06 Å². The van der Waals surface area contributed by atoms with Crippen LogP contribution >= 0.6 is 11.3 Å². The number of thiophene rings is 1. The Bertz CT molecular complexity index is 1540. The second-order valence-corrected chi connectivity index (χ2v) is 12.3. The Kier molecular flexibility index (Phi) is 10.0. The van der Waals surface area contributed by atoms with Crippen LogP contribution in [0.25, 0.3) is 10.1 Å². The summed E-state index contributed by atoms with van der Waals surface area (Å²) in [6.07, 6.45) is 0.560. The Balaban J connectivity index is 1.66. The minimum Gasteiger partial charge on any atom is -0.491 e. The molecule has 0 unspecified atom stereocenters. The number of ether oxygens (including phenoxy) is 3. The number of esters is 2. The molecule has 0 amide bonds. The van der Waals surface area contributed by atoms with Crippen molar-refractivity contribution in [3.05, 3.63) is 70.1 Å². The third-order valence-corrected chi connectivity index (χ3v) is 8.13. The molecule has 1 aliphatic heterocycles. The zero-order chi connectivity index (χ0) is 31.2. The number of nitriles is 1. The monoisotopic (exact) mass is 604 g/mol. The molecular weight excluding hydrogens is 568 g/mol. The molecule has 2 aromatic carbocycles. The van der Waals surface area contributed by atoms with Crippen molar-refractivity contribution in [2.24, 2.45) is 0 Å². The van der Waals surface area contributed by atoms with Crippen LogP contribution in [-0.2, 0) is 40.5 Å². The molecule has 0 saturated carbocycles. The van der Waals surface area contributed by atoms with E-state index in [1.54, 1.807) is 55.3 Å². The van der Waals surface area contributed by atoms with E-state index in [0.29, 0.717) is 35.4 Å². The van der Waals surface area contributed by atoms with Crippen LogP contribution in [0.2, 0.25) is 0 Å². The second kappa shape index (κ2) is 13.5. The van der Waals surface area contributed by atoms with Crippen LogP contribution in [0.1, 0.15) is 57.0 Å². The van der Waals surface area contributed by atoms with Crippen molar-refractivity contribution in [3.63, 3.8) is 0 Å². The first kappa shape index (κ1) is 31.9. The Morgan fingerprint density at radius 2 is 1.70 bits per heavy atom. The van der Waals surface area contributed by atoms with E-state index >= 15 is 0 Å². The van der Waals surface area contributed by atoms with E-state index in [9.17, 15) is 19.6 Å². The van der Waals surface area contributed by atoms with Gasteiger partial charge in [0.25, 0.3) is 0 Å². The molecule has 1 aromatic heterocycles. The maximum Gasteiger partial charge on any atom is 0.328 e. The Labute approximate surface area is 255 Å². The van der Waals surface area contributed by atoms with Gasteiger partial charge in [-0.25, -0.2) is 4.79 Å². The topological polar surface area (TPSA) is 115 Å². The van der Waals surface area contributed by atoms with Gasteiger partial charge in [0, 0.05) is 28.1 Å². The summed E-state index contributed by atoms with van der Waals surface area (Å²) in [5.41, 5.74) is -0.696. The smallest absolute Gasteiger partial charge is 0.328 e. The molecule has 3 aromatic rings. The minimum atomic E-state index is -1.76. The largest absolute Gasteiger partial charge is 0.491 e. The first-order valence-corrected chi connectivity index (χ1v) is 15.1. The predicted molar refractivity (Wildman–Crippen MR) is 162 cm³/mol. The highest BCUT2D eigenvalue weighted by atomic mass is 32.1. The molecule has 0 radical (unpaired) electrons. The molecule has 1 fully saturated rings. The number of carbonyl (C=O) groups excluding carboxylic acids is 3. The molecule has 0 aliphatic carbocycles. The molecule has 0 spiro atoms. The van der Waals surface area contributed by atoms with Crippen LogP contribution in [0, 0.1) is 11.3 Å². The SMILES string of the molecule is CCOC(=O)C(Cc1cc2cc(C#N)ccc2s1)(C(=O)OCC)c1ccc(OC[C@H]2C(=C=O)CCN2OC(C)(C)C)cc1. The number of hydroxylamine groups is 2. The number of nitrogens with zero attached hydrogens (tertiary/aromatic N) is 2. The summed E-state index contributed by atoms with van der Waals surface area (Å²) in [6.45, 7) is 10.1. The summed E-state index contributed by atoms with van der Waals surface area (Å²) in [7, 11) is 0. The highest BCUT2D eigenvalue weighted by molar-refractivity contribution is 7.19. The van der Waals surface area contributed by atoms with Gasteiger partial charge in [-0.05, 0) is 88.4 Å². The van der Waals surface area contributed by atoms with Crippen LogP contribution in [0.4, 0.5) is 0 Å². The van der Waals surface area contributed by atoms with Crippen molar-refractivity contribution in [3.8, 4) is 11.8 Å².